The van der Waals surface area contributed by atoms with Crippen LogP contribution in [0.2, 0.25) is 0 Å². The van der Waals surface area contributed by atoms with Crippen LogP contribution in [0, 0.1) is 0 Å². The van der Waals surface area contributed by atoms with Crippen molar-refractivity contribution >= 4 is 22.9 Å². The number of hydrazine groups is 1. The van der Waals surface area contributed by atoms with Gasteiger partial charge in [-0.05, 0) is 12.8 Å². The topological polar surface area (TPSA) is 72.1 Å². The number of hydrogen-bond acceptors (Lipinski definition) is 5. The normalized spacial score (nSPS) is 16.1. The van der Waals surface area contributed by atoms with Gasteiger partial charge < -0.3 is 0 Å². The van der Waals surface area contributed by atoms with Gasteiger partial charge in [0.2, 0.25) is 6.41 Å². The number of carbonyl (C=O) groups excluding carboxylic acids is 1. The second kappa shape index (κ2) is 2.80. The highest BCUT2D eigenvalue weighted by atomic mass is 32.1. The Hall–Kier alpha value is -1.01. The molecule has 64 valence electrons. The van der Waals surface area contributed by atoms with E-state index in [1.165, 1.54) is 0 Å². The first-order valence-corrected chi connectivity index (χ1v) is 4.41. The first kappa shape index (κ1) is 7.63. The summed E-state index contributed by atoms with van der Waals surface area (Å²) in [5, 5.41) is 5.65. The molecule has 1 aliphatic rings. The van der Waals surface area contributed by atoms with Gasteiger partial charge in [-0.15, -0.1) is 5.10 Å². The van der Waals surface area contributed by atoms with Crippen molar-refractivity contribution in [3.05, 3.63) is 5.69 Å². The Kier molecular flexibility index (Phi) is 1.78. The number of carbonyl (C=O) groups is 1. The Balaban J connectivity index is 2.28. The quantitative estimate of drug-likeness (QED) is 0.316. The van der Waals surface area contributed by atoms with Gasteiger partial charge in [-0.3, -0.25) is 4.79 Å². The van der Waals surface area contributed by atoms with E-state index in [4.69, 9.17) is 5.84 Å². The molecule has 0 aromatic carbocycles. The molecule has 0 bridgehead atoms. The van der Waals surface area contributed by atoms with Crippen molar-refractivity contribution in [3.8, 4) is 0 Å². The van der Waals surface area contributed by atoms with E-state index >= 15 is 0 Å². The molecule has 2 N–H and O–H groups in total. The summed E-state index contributed by atoms with van der Waals surface area (Å²) in [6.45, 7) is 0. The van der Waals surface area contributed by atoms with Gasteiger partial charge in [-0.1, -0.05) is 4.49 Å². The average molecular weight is 184 g/mol. The van der Waals surface area contributed by atoms with Crippen LogP contribution >= 0.6 is 11.5 Å². The molecular formula is C6H8N4OS. The largest absolute Gasteiger partial charge is 0.277 e. The smallest absolute Gasteiger partial charge is 0.229 e. The Morgan fingerprint density at radius 2 is 2.42 bits per heavy atom. The number of anilines is 1. The average Bonchev–Trinajstić information content (AvgIpc) is 2.83. The predicted octanol–water partition coefficient (Wildman–Crippen LogP) is 0.252. The van der Waals surface area contributed by atoms with E-state index in [0.717, 1.165) is 35.1 Å². The number of rotatable bonds is 3. The molecule has 0 aliphatic heterocycles. The molecule has 1 fully saturated rings. The molecule has 0 radical (unpaired) electrons. The highest BCUT2D eigenvalue weighted by Gasteiger charge is 2.30. The highest BCUT2D eigenvalue weighted by molar-refractivity contribution is 7.10. The summed E-state index contributed by atoms with van der Waals surface area (Å²) in [5.41, 5.74) is 0.870. The van der Waals surface area contributed by atoms with Crippen molar-refractivity contribution in [2.24, 2.45) is 5.84 Å². The van der Waals surface area contributed by atoms with Crippen LogP contribution in [0.3, 0.4) is 0 Å². The van der Waals surface area contributed by atoms with Crippen molar-refractivity contribution in [2.75, 3.05) is 5.01 Å². The minimum Gasteiger partial charge on any atom is -0.277 e. The van der Waals surface area contributed by atoms with Crippen molar-refractivity contribution in [1.82, 2.24) is 9.59 Å². The minimum atomic E-state index is 0.477. The molecule has 5 nitrogen and oxygen atoms in total. The molecule has 1 heterocycles. The first-order chi connectivity index (χ1) is 5.83. The first-order valence-electron chi connectivity index (χ1n) is 3.64. The Labute approximate surface area is 73.3 Å². The summed E-state index contributed by atoms with van der Waals surface area (Å²) in [7, 11) is 0. The van der Waals surface area contributed by atoms with Gasteiger partial charge in [0.15, 0.2) is 5.00 Å². The lowest BCUT2D eigenvalue weighted by atomic mass is 10.3. The van der Waals surface area contributed by atoms with Gasteiger partial charge in [0, 0.05) is 17.5 Å². The zero-order valence-electron chi connectivity index (χ0n) is 6.30. The molecule has 0 spiro atoms. The zero-order valence-corrected chi connectivity index (χ0v) is 7.12. The molecule has 6 heteroatoms. The van der Waals surface area contributed by atoms with E-state index in [-0.39, 0.29) is 0 Å². The number of nitrogens with two attached hydrogens (primary N) is 1. The van der Waals surface area contributed by atoms with Crippen LogP contribution in [0.5, 0.6) is 0 Å². The lowest BCUT2D eigenvalue weighted by Gasteiger charge is -2.06. The zero-order chi connectivity index (χ0) is 8.55. The molecule has 1 saturated carbocycles. The van der Waals surface area contributed by atoms with Gasteiger partial charge >= 0.3 is 0 Å². The van der Waals surface area contributed by atoms with E-state index in [1.807, 2.05) is 0 Å². The second-order valence-electron chi connectivity index (χ2n) is 2.75. The highest BCUT2D eigenvalue weighted by Crippen LogP contribution is 2.43. The number of nitrogens with zero attached hydrogens (tertiary/aromatic N) is 3. The van der Waals surface area contributed by atoms with E-state index in [1.54, 1.807) is 0 Å². The van der Waals surface area contributed by atoms with Crippen molar-refractivity contribution < 1.29 is 4.79 Å². The molecule has 0 atom stereocenters. The van der Waals surface area contributed by atoms with Gasteiger partial charge in [0.25, 0.3) is 0 Å². The van der Waals surface area contributed by atoms with Crippen molar-refractivity contribution in [3.63, 3.8) is 0 Å². The van der Waals surface area contributed by atoms with Crippen LogP contribution in [-0.2, 0) is 4.79 Å². The summed E-state index contributed by atoms with van der Waals surface area (Å²) in [6.07, 6.45) is 2.83. The Morgan fingerprint density at radius 1 is 1.67 bits per heavy atom. The molecule has 2 rings (SSSR count). The maximum Gasteiger partial charge on any atom is 0.229 e. The fourth-order valence-electron chi connectivity index (χ4n) is 1.03. The second-order valence-corrected chi connectivity index (χ2v) is 3.48. The Morgan fingerprint density at radius 3 is 3.00 bits per heavy atom. The van der Waals surface area contributed by atoms with Gasteiger partial charge in [-0.2, -0.15) is 0 Å². The van der Waals surface area contributed by atoms with Gasteiger partial charge in [0.1, 0.15) is 5.69 Å². The lowest BCUT2D eigenvalue weighted by Crippen LogP contribution is -2.28. The molecule has 0 saturated heterocycles. The fraction of sp³-hybridized carbons (Fsp3) is 0.500. The standard InChI is InChI=1S/C6H8N4OS/c7-10(3-11)6-5(4-1-2-4)8-9-12-6/h3-4H,1-2,7H2. The Bertz CT molecular complexity index is 295. The minimum absolute atomic E-state index is 0.477. The predicted molar refractivity (Wildman–Crippen MR) is 44.6 cm³/mol. The van der Waals surface area contributed by atoms with Gasteiger partial charge in [-0.25, -0.2) is 10.9 Å². The van der Waals surface area contributed by atoms with Crippen LogP contribution < -0.4 is 10.9 Å². The summed E-state index contributed by atoms with van der Waals surface area (Å²) < 4.78 is 3.76. The van der Waals surface area contributed by atoms with Crippen LogP contribution in [0.4, 0.5) is 5.00 Å². The van der Waals surface area contributed by atoms with Gasteiger partial charge in [0.05, 0.1) is 0 Å². The number of hydrogen-bond donors (Lipinski definition) is 1. The third-order valence-electron chi connectivity index (χ3n) is 1.81. The molecule has 1 aromatic rings. The molecular weight excluding hydrogens is 176 g/mol. The molecule has 0 unspecified atom stereocenters. The molecule has 12 heavy (non-hydrogen) atoms. The monoisotopic (exact) mass is 184 g/mol. The van der Waals surface area contributed by atoms with E-state index < -0.39 is 0 Å². The van der Waals surface area contributed by atoms with Crippen LogP contribution in [0.15, 0.2) is 0 Å². The summed E-state index contributed by atoms with van der Waals surface area (Å²) in [4.78, 5) is 10.4. The van der Waals surface area contributed by atoms with E-state index in [0.29, 0.717) is 17.3 Å². The maximum absolute atomic E-state index is 10.4. The van der Waals surface area contributed by atoms with Crippen molar-refractivity contribution in [2.45, 2.75) is 18.8 Å². The van der Waals surface area contributed by atoms with Crippen molar-refractivity contribution in [1.29, 1.82) is 0 Å². The van der Waals surface area contributed by atoms with Crippen LogP contribution in [0.1, 0.15) is 24.5 Å². The van der Waals surface area contributed by atoms with Crippen LogP contribution in [-0.4, -0.2) is 16.0 Å². The molecule has 1 aromatic heterocycles. The number of amides is 1. The van der Waals surface area contributed by atoms with E-state index in [2.05, 4.69) is 9.59 Å². The summed E-state index contributed by atoms with van der Waals surface area (Å²) in [6, 6.07) is 0. The number of aromatic nitrogens is 2. The van der Waals surface area contributed by atoms with E-state index in [9.17, 15) is 4.79 Å². The van der Waals surface area contributed by atoms with Crippen LogP contribution in [0.25, 0.3) is 0 Å². The maximum atomic E-state index is 10.4. The summed E-state index contributed by atoms with van der Waals surface area (Å²) >= 11 is 1.16. The third-order valence-corrected chi connectivity index (χ3v) is 2.56. The molecule has 1 amide bonds. The lowest BCUT2D eigenvalue weighted by molar-refractivity contribution is -0.107. The SMILES string of the molecule is NN(C=O)c1snnc1C1CC1. The fourth-order valence-corrected chi connectivity index (χ4v) is 1.68. The third kappa shape index (κ3) is 1.19. The summed E-state index contributed by atoms with van der Waals surface area (Å²) in [5.74, 6) is 5.88. The molecule has 1 aliphatic carbocycles.